The predicted octanol–water partition coefficient (Wildman–Crippen LogP) is 1.43. The van der Waals surface area contributed by atoms with Gasteiger partial charge in [-0.1, -0.05) is 20.3 Å². The number of hydrogen-bond acceptors (Lipinski definition) is 2. The van der Waals surface area contributed by atoms with Gasteiger partial charge in [0.1, 0.15) is 0 Å². The van der Waals surface area contributed by atoms with Crippen molar-refractivity contribution in [2.75, 3.05) is 19.8 Å². The van der Waals surface area contributed by atoms with Crippen molar-refractivity contribution < 1.29 is 9.84 Å². The lowest BCUT2D eigenvalue weighted by Crippen LogP contribution is -2.10. The number of aliphatic hydroxyl groups is 1. The molecular formula is C8H18O2. The normalized spacial score (nSPS) is 13.5. The maximum absolute atomic E-state index is 8.61. The molecule has 0 aromatic carbocycles. The van der Waals surface area contributed by atoms with Gasteiger partial charge in [0, 0.05) is 19.1 Å². The highest BCUT2D eigenvalue weighted by atomic mass is 16.5. The topological polar surface area (TPSA) is 29.5 Å². The van der Waals surface area contributed by atoms with Gasteiger partial charge < -0.3 is 9.84 Å². The van der Waals surface area contributed by atoms with Crippen molar-refractivity contribution >= 4 is 0 Å². The molecule has 0 spiro atoms. The smallest absolute Gasteiger partial charge is 0.0513 e. The van der Waals surface area contributed by atoms with Gasteiger partial charge in [0.05, 0.1) is 6.61 Å². The molecule has 0 aromatic heterocycles. The zero-order chi connectivity index (χ0) is 7.82. The molecule has 0 aromatic rings. The van der Waals surface area contributed by atoms with Crippen LogP contribution in [0.5, 0.6) is 0 Å². The largest absolute Gasteiger partial charge is 0.396 e. The van der Waals surface area contributed by atoms with Crippen molar-refractivity contribution in [3.63, 3.8) is 0 Å². The summed E-state index contributed by atoms with van der Waals surface area (Å²) in [5.74, 6) is 0.289. The highest BCUT2D eigenvalue weighted by Gasteiger charge is 1.97. The van der Waals surface area contributed by atoms with Gasteiger partial charge in [-0.05, 0) is 6.42 Å². The van der Waals surface area contributed by atoms with Crippen LogP contribution in [-0.2, 0) is 4.74 Å². The first-order valence-electron chi connectivity index (χ1n) is 3.99. The molecule has 0 saturated heterocycles. The Bertz CT molecular complexity index is 64.3. The zero-order valence-corrected chi connectivity index (χ0v) is 6.97. The molecule has 0 aliphatic rings. The predicted molar refractivity (Wildman–Crippen MR) is 42.0 cm³/mol. The molecule has 0 radical (unpaired) electrons. The van der Waals surface area contributed by atoms with E-state index in [2.05, 4.69) is 6.92 Å². The van der Waals surface area contributed by atoms with Gasteiger partial charge in [-0.2, -0.15) is 0 Å². The van der Waals surface area contributed by atoms with E-state index in [1.165, 1.54) is 6.42 Å². The van der Waals surface area contributed by atoms with E-state index in [9.17, 15) is 0 Å². The molecule has 2 heteroatoms. The Morgan fingerprint density at radius 3 is 2.70 bits per heavy atom. The van der Waals surface area contributed by atoms with Gasteiger partial charge in [0.2, 0.25) is 0 Å². The van der Waals surface area contributed by atoms with E-state index in [0.717, 1.165) is 13.0 Å². The highest BCUT2D eigenvalue weighted by Crippen LogP contribution is 1.95. The standard InChI is InChI=1S/C8H18O2/c1-3-4-5-10-7-8(2)6-9/h8-9H,3-7H2,1-2H3/t8-/m0/s1. The maximum Gasteiger partial charge on any atom is 0.0513 e. The number of unbranched alkanes of at least 4 members (excludes halogenated alkanes) is 1. The van der Waals surface area contributed by atoms with Crippen molar-refractivity contribution in [3.05, 3.63) is 0 Å². The average molecular weight is 146 g/mol. The minimum absolute atomic E-state index is 0.228. The summed E-state index contributed by atoms with van der Waals surface area (Å²) in [6.45, 7) is 5.87. The summed E-state index contributed by atoms with van der Waals surface area (Å²) in [4.78, 5) is 0. The quantitative estimate of drug-likeness (QED) is 0.574. The molecular weight excluding hydrogens is 128 g/mol. The van der Waals surface area contributed by atoms with Gasteiger partial charge in [-0.25, -0.2) is 0 Å². The van der Waals surface area contributed by atoms with Gasteiger partial charge in [0.15, 0.2) is 0 Å². The molecule has 0 aliphatic carbocycles. The fourth-order valence-corrected chi connectivity index (χ4v) is 0.584. The van der Waals surface area contributed by atoms with E-state index in [1.54, 1.807) is 0 Å². The van der Waals surface area contributed by atoms with Crippen LogP contribution in [0.25, 0.3) is 0 Å². The summed E-state index contributed by atoms with van der Waals surface area (Å²) in [5.41, 5.74) is 0. The Morgan fingerprint density at radius 1 is 1.50 bits per heavy atom. The van der Waals surface area contributed by atoms with E-state index in [-0.39, 0.29) is 12.5 Å². The van der Waals surface area contributed by atoms with Crippen molar-refractivity contribution in [2.24, 2.45) is 5.92 Å². The first-order valence-corrected chi connectivity index (χ1v) is 3.99. The van der Waals surface area contributed by atoms with Crippen LogP contribution < -0.4 is 0 Å². The van der Waals surface area contributed by atoms with Crippen molar-refractivity contribution in [1.29, 1.82) is 0 Å². The molecule has 2 nitrogen and oxygen atoms in total. The Kier molecular flexibility index (Phi) is 6.98. The Balaban J connectivity index is 2.89. The van der Waals surface area contributed by atoms with E-state index < -0.39 is 0 Å². The second-order valence-electron chi connectivity index (χ2n) is 2.72. The number of hydrogen-bond donors (Lipinski definition) is 1. The summed E-state index contributed by atoms with van der Waals surface area (Å²) in [6, 6.07) is 0. The number of aliphatic hydroxyl groups excluding tert-OH is 1. The van der Waals surface area contributed by atoms with Crippen LogP contribution in [0.2, 0.25) is 0 Å². The molecule has 10 heavy (non-hydrogen) atoms. The molecule has 0 heterocycles. The Hall–Kier alpha value is -0.0800. The van der Waals surface area contributed by atoms with E-state index >= 15 is 0 Å². The van der Waals surface area contributed by atoms with Crippen LogP contribution in [0.15, 0.2) is 0 Å². The van der Waals surface area contributed by atoms with Crippen LogP contribution in [0.4, 0.5) is 0 Å². The second-order valence-corrected chi connectivity index (χ2v) is 2.72. The molecule has 1 N–H and O–H groups in total. The third-order valence-electron chi connectivity index (χ3n) is 1.36. The first-order chi connectivity index (χ1) is 4.81. The van der Waals surface area contributed by atoms with E-state index in [4.69, 9.17) is 9.84 Å². The van der Waals surface area contributed by atoms with Crippen molar-refractivity contribution in [2.45, 2.75) is 26.7 Å². The lowest BCUT2D eigenvalue weighted by molar-refractivity contribution is 0.0783. The fourth-order valence-electron chi connectivity index (χ4n) is 0.584. The molecule has 1 atom stereocenters. The summed E-state index contributed by atoms with van der Waals surface area (Å²) in [7, 11) is 0. The van der Waals surface area contributed by atoms with E-state index in [0.29, 0.717) is 6.61 Å². The minimum atomic E-state index is 0.228. The van der Waals surface area contributed by atoms with Crippen LogP contribution in [0, 0.1) is 5.92 Å². The van der Waals surface area contributed by atoms with Crippen molar-refractivity contribution in [1.82, 2.24) is 0 Å². The molecule has 0 rings (SSSR count). The molecule has 0 amide bonds. The van der Waals surface area contributed by atoms with Crippen LogP contribution >= 0.6 is 0 Å². The zero-order valence-electron chi connectivity index (χ0n) is 6.97. The summed E-state index contributed by atoms with van der Waals surface area (Å²) in [6.07, 6.45) is 2.30. The molecule has 0 bridgehead atoms. The second kappa shape index (κ2) is 7.03. The molecule has 0 fully saturated rings. The van der Waals surface area contributed by atoms with E-state index in [1.807, 2.05) is 6.92 Å². The van der Waals surface area contributed by atoms with Crippen LogP contribution in [0.3, 0.4) is 0 Å². The monoisotopic (exact) mass is 146 g/mol. The average Bonchev–Trinajstić information content (AvgIpc) is 1.98. The Morgan fingerprint density at radius 2 is 2.20 bits per heavy atom. The first kappa shape index (κ1) is 9.92. The molecule has 0 unspecified atom stereocenters. The SMILES string of the molecule is CCCCOC[C@@H](C)CO. The summed E-state index contributed by atoms with van der Waals surface area (Å²) < 4.78 is 5.27. The lowest BCUT2D eigenvalue weighted by atomic mass is 10.2. The summed E-state index contributed by atoms with van der Waals surface area (Å²) >= 11 is 0. The molecule has 0 aliphatic heterocycles. The van der Waals surface area contributed by atoms with Crippen LogP contribution in [-0.4, -0.2) is 24.9 Å². The van der Waals surface area contributed by atoms with Gasteiger partial charge >= 0.3 is 0 Å². The molecule has 0 saturated carbocycles. The minimum Gasteiger partial charge on any atom is -0.396 e. The maximum atomic E-state index is 8.61. The highest BCUT2D eigenvalue weighted by molar-refractivity contribution is 4.45. The van der Waals surface area contributed by atoms with Gasteiger partial charge in [0.25, 0.3) is 0 Å². The fraction of sp³-hybridized carbons (Fsp3) is 1.00. The molecule has 62 valence electrons. The van der Waals surface area contributed by atoms with Crippen LogP contribution in [0.1, 0.15) is 26.7 Å². The van der Waals surface area contributed by atoms with Crippen molar-refractivity contribution in [3.8, 4) is 0 Å². The Labute approximate surface area is 63.2 Å². The van der Waals surface area contributed by atoms with Gasteiger partial charge in [-0.3, -0.25) is 0 Å². The third kappa shape index (κ3) is 6.05. The lowest BCUT2D eigenvalue weighted by Gasteiger charge is -2.07. The van der Waals surface area contributed by atoms with Gasteiger partial charge in [-0.15, -0.1) is 0 Å². The summed E-state index contributed by atoms with van der Waals surface area (Å²) in [5, 5.41) is 8.61. The number of ether oxygens (including phenoxy) is 1. The number of rotatable bonds is 6. The third-order valence-corrected chi connectivity index (χ3v) is 1.36.